The van der Waals surface area contributed by atoms with Gasteiger partial charge in [-0.1, -0.05) is 24.3 Å². The average Bonchev–Trinajstić information content (AvgIpc) is 2.57. The monoisotopic (exact) mass is 308 g/mol. The molecule has 0 saturated heterocycles. The molecule has 5 nitrogen and oxygen atoms in total. The third kappa shape index (κ3) is 3.16. The van der Waals surface area contributed by atoms with Crippen LogP contribution >= 0.6 is 0 Å². The maximum absolute atomic E-state index is 14.0. The van der Waals surface area contributed by atoms with E-state index in [4.69, 9.17) is 5.73 Å². The Hall–Kier alpha value is -3.28. The summed E-state index contributed by atoms with van der Waals surface area (Å²) >= 11 is 0. The van der Waals surface area contributed by atoms with Gasteiger partial charge in [0, 0.05) is 29.2 Å². The molecule has 1 amide bonds. The van der Waals surface area contributed by atoms with Crippen LogP contribution in [0.25, 0.3) is 11.1 Å². The lowest BCUT2D eigenvalue weighted by Crippen LogP contribution is -2.14. The first-order valence-corrected chi connectivity index (χ1v) is 6.87. The molecule has 114 valence electrons. The Morgan fingerprint density at radius 2 is 1.91 bits per heavy atom. The van der Waals surface area contributed by atoms with E-state index in [1.807, 2.05) is 0 Å². The van der Waals surface area contributed by atoms with E-state index < -0.39 is 5.91 Å². The first-order chi connectivity index (χ1) is 11.1. The third-order valence-corrected chi connectivity index (χ3v) is 3.25. The Labute approximate surface area is 132 Å². The Morgan fingerprint density at radius 3 is 2.65 bits per heavy atom. The molecule has 0 aliphatic carbocycles. The van der Waals surface area contributed by atoms with Crippen LogP contribution in [0, 0.1) is 5.82 Å². The van der Waals surface area contributed by atoms with E-state index in [9.17, 15) is 9.18 Å². The van der Waals surface area contributed by atoms with Gasteiger partial charge in [0.05, 0.1) is 11.9 Å². The number of nitrogen functional groups attached to an aromatic ring is 1. The Bertz CT molecular complexity index is 852. The van der Waals surface area contributed by atoms with Crippen molar-refractivity contribution >= 4 is 17.3 Å². The second-order valence-corrected chi connectivity index (χ2v) is 4.83. The molecule has 0 bridgehead atoms. The number of nitrogens with one attached hydrogen (secondary N) is 1. The fraction of sp³-hybridized carbons (Fsp3) is 0. The second kappa shape index (κ2) is 6.23. The molecule has 1 heterocycles. The molecule has 0 unspecified atom stereocenters. The van der Waals surface area contributed by atoms with E-state index in [0.29, 0.717) is 22.5 Å². The largest absolute Gasteiger partial charge is 0.399 e. The van der Waals surface area contributed by atoms with Crippen LogP contribution in [0.4, 0.5) is 15.8 Å². The fourth-order valence-corrected chi connectivity index (χ4v) is 2.18. The number of hydrogen-bond acceptors (Lipinski definition) is 4. The molecule has 0 aliphatic heterocycles. The summed E-state index contributed by atoms with van der Waals surface area (Å²) < 4.78 is 14.0. The van der Waals surface area contributed by atoms with E-state index in [1.165, 1.54) is 24.7 Å². The number of nitrogens with two attached hydrogens (primary N) is 1. The van der Waals surface area contributed by atoms with Crippen molar-refractivity contribution in [1.82, 2.24) is 9.97 Å². The summed E-state index contributed by atoms with van der Waals surface area (Å²) in [5.41, 5.74) is 7.73. The minimum Gasteiger partial charge on any atom is -0.399 e. The van der Waals surface area contributed by atoms with E-state index in [1.54, 1.807) is 36.4 Å². The lowest BCUT2D eigenvalue weighted by atomic mass is 10.0. The number of nitrogens with zero attached hydrogens (tertiary/aromatic N) is 2. The average molecular weight is 308 g/mol. The van der Waals surface area contributed by atoms with Gasteiger partial charge in [0.25, 0.3) is 5.91 Å². The number of amides is 1. The molecule has 1 aromatic heterocycles. The zero-order chi connectivity index (χ0) is 16.2. The first-order valence-electron chi connectivity index (χ1n) is 6.87. The molecular weight excluding hydrogens is 295 g/mol. The summed E-state index contributed by atoms with van der Waals surface area (Å²) in [6.07, 6.45) is 4.25. The number of carbonyl (C=O) groups is 1. The van der Waals surface area contributed by atoms with Gasteiger partial charge in [-0.3, -0.25) is 9.78 Å². The van der Waals surface area contributed by atoms with Crippen LogP contribution in [0.2, 0.25) is 0 Å². The predicted octanol–water partition coefficient (Wildman–Crippen LogP) is 3.12. The molecule has 3 rings (SSSR count). The molecule has 3 N–H and O–H groups in total. The Balaban J connectivity index is 2.01. The molecule has 0 aliphatic rings. The van der Waals surface area contributed by atoms with Gasteiger partial charge < -0.3 is 11.1 Å². The number of halogens is 1. The SMILES string of the molecule is Nc1ccc(-c2ccccc2F)c(NC(=O)c2cnccn2)c1. The molecule has 0 saturated carbocycles. The van der Waals surface area contributed by atoms with Crippen LogP contribution < -0.4 is 11.1 Å². The normalized spacial score (nSPS) is 10.3. The number of hydrogen-bond donors (Lipinski definition) is 2. The van der Waals surface area contributed by atoms with Crippen LogP contribution in [0.3, 0.4) is 0 Å². The highest BCUT2D eigenvalue weighted by molar-refractivity contribution is 6.05. The summed E-state index contributed by atoms with van der Waals surface area (Å²) in [6.45, 7) is 0. The highest BCUT2D eigenvalue weighted by atomic mass is 19.1. The van der Waals surface area contributed by atoms with Gasteiger partial charge in [-0.25, -0.2) is 9.37 Å². The summed E-state index contributed by atoms with van der Waals surface area (Å²) in [7, 11) is 0. The number of anilines is 2. The quantitative estimate of drug-likeness (QED) is 0.728. The maximum Gasteiger partial charge on any atom is 0.275 e. The smallest absolute Gasteiger partial charge is 0.275 e. The van der Waals surface area contributed by atoms with Gasteiger partial charge in [0.15, 0.2) is 0 Å². The lowest BCUT2D eigenvalue weighted by molar-refractivity contribution is 0.102. The molecule has 0 fully saturated rings. The Kier molecular flexibility index (Phi) is 3.97. The lowest BCUT2D eigenvalue weighted by Gasteiger charge is -2.12. The van der Waals surface area contributed by atoms with E-state index >= 15 is 0 Å². The topological polar surface area (TPSA) is 80.9 Å². The number of carbonyl (C=O) groups excluding carboxylic acids is 1. The van der Waals surface area contributed by atoms with E-state index in [0.717, 1.165) is 0 Å². The van der Waals surface area contributed by atoms with Gasteiger partial charge in [-0.2, -0.15) is 0 Å². The highest BCUT2D eigenvalue weighted by Gasteiger charge is 2.14. The van der Waals surface area contributed by atoms with Crippen molar-refractivity contribution in [2.24, 2.45) is 0 Å². The summed E-state index contributed by atoms with van der Waals surface area (Å²) in [5.74, 6) is -0.825. The Morgan fingerprint density at radius 1 is 1.09 bits per heavy atom. The van der Waals surface area contributed by atoms with Crippen molar-refractivity contribution in [2.75, 3.05) is 11.1 Å². The minimum absolute atomic E-state index is 0.161. The summed E-state index contributed by atoms with van der Waals surface area (Å²) in [6, 6.07) is 11.2. The van der Waals surface area contributed by atoms with Gasteiger partial charge in [-0.15, -0.1) is 0 Å². The van der Waals surface area contributed by atoms with Crippen LogP contribution in [-0.4, -0.2) is 15.9 Å². The molecule has 0 radical (unpaired) electrons. The van der Waals surface area contributed by atoms with E-state index in [2.05, 4.69) is 15.3 Å². The van der Waals surface area contributed by atoms with Crippen molar-refractivity contribution in [1.29, 1.82) is 0 Å². The zero-order valence-corrected chi connectivity index (χ0v) is 12.0. The maximum atomic E-state index is 14.0. The molecule has 2 aromatic carbocycles. The van der Waals surface area contributed by atoms with Gasteiger partial charge in [0.1, 0.15) is 11.5 Å². The third-order valence-electron chi connectivity index (χ3n) is 3.25. The van der Waals surface area contributed by atoms with Gasteiger partial charge in [0.2, 0.25) is 0 Å². The molecule has 0 atom stereocenters. The van der Waals surface area contributed by atoms with E-state index in [-0.39, 0.29) is 11.5 Å². The zero-order valence-electron chi connectivity index (χ0n) is 12.0. The summed E-state index contributed by atoms with van der Waals surface area (Å²) in [5, 5.41) is 2.71. The van der Waals surface area contributed by atoms with Crippen LogP contribution in [0.15, 0.2) is 61.1 Å². The summed E-state index contributed by atoms with van der Waals surface area (Å²) in [4.78, 5) is 20.0. The predicted molar refractivity (Wildman–Crippen MR) is 86.2 cm³/mol. The highest BCUT2D eigenvalue weighted by Crippen LogP contribution is 2.31. The molecular formula is C17H13FN4O. The molecule has 0 spiro atoms. The number of rotatable bonds is 3. The van der Waals surface area contributed by atoms with Crippen LogP contribution in [0.5, 0.6) is 0 Å². The van der Waals surface area contributed by atoms with Crippen molar-refractivity contribution in [3.05, 3.63) is 72.6 Å². The van der Waals surface area contributed by atoms with Gasteiger partial charge >= 0.3 is 0 Å². The minimum atomic E-state index is -0.443. The first kappa shape index (κ1) is 14.6. The van der Waals surface area contributed by atoms with Gasteiger partial charge in [-0.05, 0) is 18.2 Å². The van der Waals surface area contributed by atoms with Crippen LogP contribution in [0.1, 0.15) is 10.5 Å². The molecule has 6 heteroatoms. The fourth-order valence-electron chi connectivity index (χ4n) is 2.18. The number of benzene rings is 2. The molecule has 3 aromatic rings. The van der Waals surface area contributed by atoms with Crippen LogP contribution in [-0.2, 0) is 0 Å². The molecule has 23 heavy (non-hydrogen) atoms. The second-order valence-electron chi connectivity index (χ2n) is 4.83. The van der Waals surface area contributed by atoms with Crippen molar-refractivity contribution in [3.8, 4) is 11.1 Å². The van der Waals surface area contributed by atoms with Crippen molar-refractivity contribution in [2.45, 2.75) is 0 Å². The standard InChI is InChI=1S/C17H13FN4O/c18-14-4-2-1-3-12(14)13-6-5-11(19)9-15(13)22-17(23)16-10-20-7-8-21-16/h1-10H,19H2,(H,22,23). The van der Waals surface area contributed by atoms with Crippen molar-refractivity contribution in [3.63, 3.8) is 0 Å². The number of aromatic nitrogens is 2. The van der Waals surface area contributed by atoms with Crippen molar-refractivity contribution < 1.29 is 9.18 Å².